The van der Waals surface area contributed by atoms with Crippen LogP contribution in [-0.2, 0) is 4.74 Å². The van der Waals surface area contributed by atoms with Crippen molar-refractivity contribution in [3.05, 3.63) is 40.2 Å². The number of nitrogens with zero attached hydrogens (tertiary/aromatic N) is 1. The molecule has 2 heterocycles. The van der Waals surface area contributed by atoms with Gasteiger partial charge in [0, 0.05) is 0 Å². The molecule has 1 N–H and O–H groups in total. The van der Waals surface area contributed by atoms with Crippen molar-refractivity contribution in [2.24, 2.45) is 0 Å². The lowest BCUT2D eigenvalue weighted by atomic mass is 10.1. The molecule has 8 heteroatoms. The molecule has 0 aliphatic heterocycles. The Balaban J connectivity index is 2.40. The highest BCUT2D eigenvalue weighted by atomic mass is 32.1. The molecule has 2 aromatic rings. The monoisotopic (exact) mass is 364 g/mol. The minimum atomic E-state index is -0.574. The highest BCUT2D eigenvalue weighted by Crippen LogP contribution is 2.34. The van der Waals surface area contributed by atoms with E-state index in [1.807, 2.05) is 0 Å². The third kappa shape index (κ3) is 4.34. The molecule has 0 fully saturated rings. The van der Waals surface area contributed by atoms with Crippen LogP contribution in [0.3, 0.4) is 0 Å². The van der Waals surface area contributed by atoms with Gasteiger partial charge in [0.05, 0.1) is 29.9 Å². The van der Waals surface area contributed by atoms with Crippen molar-refractivity contribution in [3.8, 4) is 0 Å². The van der Waals surface area contributed by atoms with Crippen LogP contribution in [0, 0.1) is 6.92 Å². The van der Waals surface area contributed by atoms with Gasteiger partial charge in [0.2, 0.25) is 0 Å². The Morgan fingerprint density at radius 3 is 2.60 bits per heavy atom. The molecule has 7 nitrogen and oxygen atoms in total. The van der Waals surface area contributed by atoms with Crippen LogP contribution in [0.2, 0.25) is 0 Å². The molecule has 2 aromatic heterocycles. The fourth-order valence-corrected chi connectivity index (χ4v) is 3.37. The second-order valence-electron chi connectivity index (χ2n) is 5.57. The number of thiophene rings is 1. The average Bonchev–Trinajstić information content (AvgIpc) is 3.15. The summed E-state index contributed by atoms with van der Waals surface area (Å²) in [5.41, 5.74) is 0.707. The number of ether oxygens (including phenoxy) is 1. The zero-order chi connectivity index (χ0) is 18.6. The number of rotatable bonds is 7. The van der Waals surface area contributed by atoms with E-state index in [0.717, 1.165) is 11.3 Å². The van der Waals surface area contributed by atoms with Gasteiger partial charge >= 0.3 is 5.97 Å². The van der Waals surface area contributed by atoms with Gasteiger partial charge in [-0.05, 0) is 45.6 Å². The van der Waals surface area contributed by atoms with Crippen LogP contribution in [0.4, 0.5) is 5.00 Å². The molecule has 0 aromatic carbocycles. The Labute approximate surface area is 149 Å². The number of amides is 1. The standard InChI is InChI=1S/C17H20N2O5S/c1-5-23-17(22)13-10(2)14(11(20)9-19(3)4)25-16(13)18-15(21)12-7-6-8-24-12/h6-8H,5,9H2,1-4H3,(H,18,21). The fraction of sp³-hybridized carbons (Fsp3) is 0.353. The van der Waals surface area contributed by atoms with E-state index in [1.54, 1.807) is 38.9 Å². The Bertz CT molecular complexity index is 777. The maximum absolute atomic E-state index is 12.4. The van der Waals surface area contributed by atoms with Gasteiger partial charge in [0.15, 0.2) is 11.5 Å². The number of carbonyl (C=O) groups is 3. The highest BCUT2D eigenvalue weighted by Gasteiger charge is 2.27. The molecule has 2 rings (SSSR count). The van der Waals surface area contributed by atoms with Crippen LogP contribution in [0.25, 0.3) is 0 Å². The van der Waals surface area contributed by atoms with Crippen molar-refractivity contribution in [2.75, 3.05) is 32.6 Å². The molecule has 0 bridgehead atoms. The van der Waals surface area contributed by atoms with E-state index >= 15 is 0 Å². The number of nitrogens with one attached hydrogen (secondary N) is 1. The summed E-state index contributed by atoms with van der Waals surface area (Å²) in [5, 5.41) is 2.92. The Morgan fingerprint density at radius 1 is 1.32 bits per heavy atom. The number of esters is 1. The lowest BCUT2D eigenvalue weighted by molar-refractivity contribution is 0.0527. The molecule has 1 amide bonds. The van der Waals surface area contributed by atoms with Crippen LogP contribution in [0.15, 0.2) is 22.8 Å². The van der Waals surface area contributed by atoms with Gasteiger partial charge < -0.3 is 19.4 Å². The fourth-order valence-electron chi connectivity index (χ4n) is 2.25. The van der Waals surface area contributed by atoms with Gasteiger partial charge in [-0.25, -0.2) is 4.79 Å². The van der Waals surface area contributed by atoms with Gasteiger partial charge in [-0.15, -0.1) is 11.3 Å². The number of carbonyl (C=O) groups excluding carboxylic acids is 3. The van der Waals surface area contributed by atoms with Crippen molar-refractivity contribution in [1.29, 1.82) is 0 Å². The van der Waals surface area contributed by atoms with Gasteiger partial charge in [-0.2, -0.15) is 0 Å². The van der Waals surface area contributed by atoms with E-state index in [-0.39, 0.29) is 35.3 Å². The zero-order valence-corrected chi connectivity index (χ0v) is 15.4. The van der Waals surface area contributed by atoms with Gasteiger partial charge in [-0.3, -0.25) is 9.59 Å². The van der Waals surface area contributed by atoms with Crippen LogP contribution in [-0.4, -0.2) is 49.8 Å². The summed E-state index contributed by atoms with van der Waals surface area (Å²) in [7, 11) is 3.57. The first-order valence-electron chi connectivity index (χ1n) is 7.68. The first-order valence-corrected chi connectivity index (χ1v) is 8.50. The summed E-state index contributed by atoms with van der Waals surface area (Å²) in [6.07, 6.45) is 1.38. The van der Waals surface area contributed by atoms with Gasteiger partial charge in [0.1, 0.15) is 5.00 Å². The van der Waals surface area contributed by atoms with Gasteiger partial charge in [-0.1, -0.05) is 0 Å². The smallest absolute Gasteiger partial charge is 0.341 e. The quantitative estimate of drug-likeness (QED) is 0.600. The largest absolute Gasteiger partial charge is 0.462 e. The number of Topliss-reactive ketones (excluding diaryl/α,β-unsaturated/α-hetero) is 1. The molecule has 0 aliphatic carbocycles. The second kappa shape index (κ2) is 8.09. The summed E-state index contributed by atoms with van der Waals surface area (Å²) in [5.74, 6) is -1.09. The Morgan fingerprint density at radius 2 is 2.04 bits per heavy atom. The van der Waals surface area contributed by atoms with Crippen LogP contribution in [0.5, 0.6) is 0 Å². The number of likely N-dealkylation sites (N-methyl/N-ethyl adjacent to an activating group) is 1. The number of furan rings is 1. The number of hydrogen-bond acceptors (Lipinski definition) is 7. The predicted molar refractivity (Wildman–Crippen MR) is 94.6 cm³/mol. The molecule has 0 saturated carbocycles. The summed E-state index contributed by atoms with van der Waals surface area (Å²) in [6, 6.07) is 3.10. The minimum Gasteiger partial charge on any atom is -0.462 e. The molecular formula is C17H20N2O5S. The predicted octanol–water partition coefficient (Wildman–Crippen LogP) is 2.82. The summed E-state index contributed by atoms with van der Waals surface area (Å²) >= 11 is 1.07. The SMILES string of the molecule is CCOC(=O)c1c(NC(=O)c2ccco2)sc(C(=O)CN(C)C)c1C. The lowest BCUT2D eigenvalue weighted by Gasteiger charge is -2.07. The van der Waals surface area contributed by atoms with E-state index in [4.69, 9.17) is 9.15 Å². The molecule has 0 saturated heterocycles. The van der Waals surface area contributed by atoms with Crippen molar-refractivity contribution < 1.29 is 23.5 Å². The molecule has 0 atom stereocenters. The molecule has 0 radical (unpaired) electrons. The molecular weight excluding hydrogens is 344 g/mol. The first kappa shape index (κ1) is 18.9. The summed E-state index contributed by atoms with van der Waals surface area (Å²) < 4.78 is 10.1. The van der Waals surface area contributed by atoms with Crippen LogP contribution < -0.4 is 5.32 Å². The van der Waals surface area contributed by atoms with Crippen LogP contribution >= 0.6 is 11.3 Å². The topological polar surface area (TPSA) is 88.8 Å². The van der Waals surface area contributed by atoms with Crippen molar-refractivity contribution in [3.63, 3.8) is 0 Å². The van der Waals surface area contributed by atoms with E-state index in [1.165, 1.54) is 12.3 Å². The maximum atomic E-state index is 12.4. The third-order valence-electron chi connectivity index (χ3n) is 3.31. The second-order valence-corrected chi connectivity index (χ2v) is 6.59. The van der Waals surface area contributed by atoms with E-state index in [2.05, 4.69) is 5.32 Å². The molecule has 25 heavy (non-hydrogen) atoms. The van der Waals surface area contributed by atoms with E-state index in [9.17, 15) is 14.4 Å². The Hall–Kier alpha value is -2.45. The molecule has 134 valence electrons. The van der Waals surface area contributed by atoms with Crippen molar-refractivity contribution in [1.82, 2.24) is 4.90 Å². The van der Waals surface area contributed by atoms with E-state index < -0.39 is 11.9 Å². The highest BCUT2D eigenvalue weighted by molar-refractivity contribution is 7.18. The minimum absolute atomic E-state index is 0.113. The third-order valence-corrected chi connectivity index (χ3v) is 4.56. The van der Waals surface area contributed by atoms with Crippen LogP contribution in [0.1, 0.15) is 43.1 Å². The molecule has 0 unspecified atom stereocenters. The normalized spacial score (nSPS) is 10.8. The maximum Gasteiger partial charge on any atom is 0.341 e. The lowest BCUT2D eigenvalue weighted by Crippen LogP contribution is -2.21. The van der Waals surface area contributed by atoms with Crippen molar-refractivity contribution in [2.45, 2.75) is 13.8 Å². The Kier molecular flexibility index (Phi) is 6.11. The molecule has 0 spiro atoms. The zero-order valence-electron chi connectivity index (χ0n) is 14.5. The molecule has 0 aliphatic rings. The summed E-state index contributed by atoms with van der Waals surface area (Å²) in [6.45, 7) is 3.77. The number of hydrogen-bond donors (Lipinski definition) is 1. The average molecular weight is 364 g/mol. The number of ketones is 1. The number of anilines is 1. The van der Waals surface area contributed by atoms with E-state index in [0.29, 0.717) is 10.4 Å². The summed E-state index contributed by atoms with van der Waals surface area (Å²) in [4.78, 5) is 39.1. The van der Waals surface area contributed by atoms with Gasteiger partial charge in [0.25, 0.3) is 5.91 Å². The van der Waals surface area contributed by atoms with Crippen molar-refractivity contribution >= 4 is 34.0 Å². The first-order chi connectivity index (χ1) is 11.8.